The highest BCUT2D eigenvalue weighted by Gasteiger charge is 2.57. The topological polar surface area (TPSA) is 95.7 Å². The smallest absolute Gasteiger partial charge is 0.258 e. The van der Waals surface area contributed by atoms with Gasteiger partial charge < -0.3 is 19.5 Å². The minimum absolute atomic E-state index is 0.131. The number of aliphatic hydroxyl groups is 1. The van der Waals surface area contributed by atoms with Crippen molar-refractivity contribution in [3.8, 4) is 11.1 Å². The first-order valence-corrected chi connectivity index (χ1v) is 12.4. The Hall–Kier alpha value is -3.78. The second kappa shape index (κ2) is 8.71. The van der Waals surface area contributed by atoms with Gasteiger partial charge in [0.15, 0.2) is 0 Å². The van der Waals surface area contributed by atoms with Gasteiger partial charge >= 0.3 is 0 Å². The molecule has 1 fully saturated rings. The van der Waals surface area contributed by atoms with Crippen molar-refractivity contribution in [3.63, 3.8) is 0 Å². The summed E-state index contributed by atoms with van der Waals surface area (Å²) >= 11 is 0. The van der Waals surface area contributed by atoms with Gasteiger partial charge in [-0.15, -0.1) is 0 Å². The molecular formula is C28H28N4O4. The van der Waals surface area contributed by atoms with Crippen molar-refractivity contribution < 1.29 is 14.7 Å². The van der Waals surface area contributed by atoms with E-state index < -0.39 is 18.0 Å². The fourth-order valence-corrected chi connectivity index (χ4v) is 6.44. The zero-order valence-corrected chi connectivity index (χ0v) is 20.1. The molecule has 0 saturated carbocycles. The molecule has 0 bridgehead atoms. The Labute approximate surface area is 208 Å². The molecule has 3 aromatic rings. The normalized spacial score (nSPS) is 24.3. The number of hydrogen-bond acceptors (Lipinski definition) is 5. The van der Waals surface area contributed by atoms with Gasteiger partial charge in [0.2, 0.25) is 11.8 Å². The molecule has 4 atom stereocenters. The fraction of sp³-hybridized carbons (Fsp3) is 0.357. The number of benzene rings is 1. The number of nitrogens with zero attached hydrogens (tertiary/aromatic N) is 4. The molecule has 36 heavy (non-hydrogen) atoms. The molecule has 3 aliphatic rings. The highest BCUT2D eigenvalue weighted by Crippen LogP contribution is 2.49. The maximum Gasteiger partial charge on any atom is 0.258 e. The Bertz CT molecular complexity index is 1400. The van der Waals surface area contributed by atoms with E-state index in [1.54, 1.807) is 34.0 Å². The molecule has 5 heterocycles. The first-order valence-electron chi connectivity index (χ1n) is 12.4. The van der Waals surface area contributed by atoms with Crippen LogP contribution in [0.4, 0.5) is 0 Å². The predicted molar refractivity (Wildman–Crippen MR) is 133 cm³/mol. The van der Waals surface area contributed by atoms with Gasteiger partial charge in [-0.3, -0.25) is 19.4 Å². The van der Waals surface area contributed by atoms with Crippen LogP contribution in [0.2, 0.25) is 0 Å². The number of likely N-dealkylation sites (tertiary alicyclic amines) is 1. The van der Waals surface area contributed by atoms with E-state index in [-0.39, 0.29) is 29.9 Å². The summed E-state index contributed by atoms with van der Waals surface area (Å²) in [6.45, 7) is 2.66. The third kappa shape index (κ3) is 3.39. The first kappa shape index (κ1) is 22.7. The van der Waals surface area contributed by atoms with Crippen LogP contribution < -0.4 is 5.56 Å². The molecule has 2 amide bonds. The summed E-state index contributed by atoms with van der Waals surface area (Å²) in [5, 5.41) is 10.5. The van der Waals surface area contributed by atoms with E-state index in [0.29, 0.717) is 30.9 Å². The molecule has 1 saturated heterocycles. The summed E-state index contributed by atoms with van der Waals surface area (Å²) in [6.07, 6.45) is 4.08. The van der Waals surface area contributed by atoms with Crippen molar-refractivity contribution in [2.45, 2.75) is 38.5 Å². The van der Waals surface area contributed by atoms with Crippen LogP contribution >= 0.6 is 0 Å². The third-order valence-corrected chi connectivity index (χ3v) is 8.11. The summed E-state index contributed by atoms with van der Waals surface area (Å²) in [4.78, 5) is 47.9. The van der Waals surface area contributed by atoms with Gasteiger partial charge in [-0.05, 0) is 35.7 Å². The van der Waals surface area contributed by atoms with Crippen LogP contribution in [0.3, 0.4) is 0 Å². The SMILES string of the molecule is CC(=O)N1[C@H](C(=O)N2CCc3ccccc3C2)[C@@H](CO)[C@@H]2Cn3c(ccc(-c4cccnc4)c3=O)[C@@H]21. The maximum atomic E-state index is 13.9. The predicted octanol–water partition coefficient (Wildman–Crippen LogP) is 2.01. The van der Waals surface area contributed by atoms with Crippen molar-refractivity contribution in [1.29, 1.82) is 0 Å². The van der Waals surface area contributed by atoms with Gasteiger partial charge in [0.05, 0.1) is 6.04 Å². The second-order valence-electron chi connectivity index (χ2n) is 9.93. The number of fused-ring (bicyclic) bond motifs is 4. The minimum Gasteiger partial charge on any atom is -0.396 e. The number of amides is 2. The third-order valence-electron chi connectivity index (χ3n) is 8.11. The Morgan fingerprint density at radius 1 is 1.08 bits per heavy atom. The number of pyridine rings is 2. The van der Waals surface area contributed by atoms with Crippen LogP contribution in [0, 0.1) is 11.8 Å². The maximum absolute atomic E-state index is 13.9. The van der Waals surface area contributed by atoms with Gasteiger partial charge in [-0.2, -0.15) is 0 Å². The Morgan fingerprint density at radius 2 is 1.89 bits per heavy atom. The van der Waals surface area contributed by atoms with Crippen molar-refractivity contribution in [1.82, 2.24) is 19.4 Å². The first-order chi connectivity index (χ1) is 17.5. The molecule has 184 valence electrons. The van der Waals surface area contributed by atoms with Gasteiger partial charge in [0, 0.05) is 74.2 Å². The number of aliphatic hydroxyl groups excluding tert-OH is 1. The van der Waals surface area contributed by atoms with E-state index in [9.17, 15) is 19.5 Å². The molecule has 1 N–H and O–H groups in total. The van der Waals surface area contributed by atoms with Crippen LogP contribution in [-0.4, -0.2) is 55.5 Å². The molecule has 1 aromatic carbocycles. The number of rotatable bonds is 3. The van der Waals surface area contributed by atoms with Crippen molar-refractivity contribution >= 4 is 11.8 Å². The highest BCUT2D eigenvalue weighted by molar-refractivity contribution is 5.88. The summed E-state index contributed by atoms with van der Waals surface area (Å²) in [5.74, 6) is -1.03. The zero-order valence-electron chi connectivity index (χ0n) is 20.1. The monoisotopic (exact) mass is 484 g/mol. The summed E-state index contributed by atoms with van der Waals surface area (Å²) in [5.41, 5.74) is 4.20. The van der Waals surface area contributed by atoms with E-state index in [1.807, 2.05) is 35.2 Å². The van der Waals surface area contributed by atoms with Crippen molar-refractivity contribution in [2.75, 3.05) is 13.2 Å². The number of hydrogen-bond donors (Lipinski definition) is 1. The minimum atomic E-state index is -0.755. The quantitative estimate of drug-likeness (QED) is 0.614. The van der Waals surface area contributed by atoms with E-state index >= 15 is 0 Å². The van der Waals surface area contributed by atoms with Crippen LogP contribution in [-0.2, 0) is 29.1 Å². The molecular weight excluding hydrogens is 456 g/mol. The van der Waals surface area contributed by atoms with E-state index in [2.05, 4.69) is 11.1 Å². The lowest BCUT2D eigenvalue weighted by molar-refractivity contribution is -0.146. The van der Waals surface area contributed by atoms with Gasteiger partial charge in [0.25, 0.3) is 5.56 Å². The van der Waals surface area contributed by atoms with Crippen LogP contribution in [0.1, 0.15) is 29.8 Å². The fourth-order valence-electron chi connectivity index (χ4n) is 6.44. The molecule has 0 radical (unpaired) electrons. The van der Waals surface area contributed by atoms with E-state index in [4.69, 9.17) is 0 Å². The van der Waals surface area contributed by atoms with Crippen LogP contribution in [0.5, 0.6) is 0 Å². The van der Waals surface area contributed by atoms with E-state index in [0.717, 1.165) is 17.5 Å². The van der Waals surface area contributed by atoms with Crippen molar-refractivity contribution in [2.24, 2.45) is 11.8 Å². The van der Waals surface area contributed by atoms with E-state index in [1.165, 1.54) is 12.5 Å². The highest BCUT2D eigenvalue weighted by atomic mass is 16.3. The Morgan fingerprint density at radius 3 is 2.61 bits per heavy atom. The molecule has 3 aliphatic heterocycles. The second-order valence-corrected chi connectivity index (χ2v) is 9.93. The Balaban J connectivity index is 1.37. The largest absolute Gasteiger partial charge is 0.396 e. The standard InChI is InChI=1S/C28H28N4O4/c1-17(34)32-25-22(15-31-24(25)9-8-21(27(31)35)19-7-4-11-29-13-19)23(16-33)26(32)28(36)30-12-10-18-5-2-3-6-20(18)14-30/h2-9,11,13,22-23,25-26,33H,10,12,14-16H2,1H3/t22-,23-,25+,26-/m0/s1. The van der Waals surface area contributed by atoms with Crippen LogP contribution in [0.25, 0.3) is 11.1 Å². The van der Waals surface area contributed by atoms with Gasteiger partial charge in [0.1, 0.15) is 6.04 Å². The number of carbonyl (C=O) groups excluding carboxylic acids is 2. The molecule has 0 unspecified atom stereocenters. The molecule has 6 rings (SSSR count). The lowest BCUT2D eigenvalue weighted by Crippen LogP contribution is -2.52. The lowest BCUT2D eigenvalue weighted by Gasteiger charge is -2.36. The van der Waals surface area contributed by atoms with Crippen molar-refractivity contribution in [3.05, 3.63) is 88.1 Å². The molecule has 8 nitrogen and oxygen atoms in total. The molecule has 8 heteroatoms. The lowest BCUT2D eigenvalue weighted by atomic mass is 9.87. The zero-order chi connectivity index (χ0) is 25.0. The Kier molecular flexibility index (Phi) is 5.48. The molecule has 2 aromatic heterocycles. The average molecular weight is 485 g/mol. The summed E-state index contributed by atoms with van der Waals surface area (Å²) in [6, 6.07) is 14.2. The van der Waals surface area contributed by atoms with Crippen LogP contribution in [0.15, 0.2) is 65.7 Å². The number of carbonyl (C=O) groups is 2. The summed E-state index contributed by atoms with van der Waals surface area (Å²) in [7, 11) is 0. The van der Waals surface area contributed by atoms with Gasteiger partial charge in [-0.25, -0.2) is 0 Å². The number of aromatic nitrogens is 2. The molecule has 0 aliphatic carbocycles. The average Bonchev–Trinajstić information content (AvgIpc) is 3.43. The summed E-state index contributed by atoms with van der Waals surface area (Å²) < 4.78 is 1.70. The van der Waals surface area contributed by atoms with Gasteiger partial charge in [-0.1, -0.05) is 30.3 Å². The molecule has 0 spiro atoms.